The van der Waals surface area contributed by atoms with Gasteiger partial charge in [-0.05, 0) is 30.2 Å². The molecule has 0 saturated carbocycles. The second kappa shape index (κ2) is 8.84. The SMILES string of the molecule is COc1ccc(C(=O)CC2(O)C(=O)N(CCc3ccccc3)c3ccccc32)cc1[N+](=O)[O-]. The van der Waals surface area contributed by atoms with E-state index in [-0.39, 0.29) is 17.0 Å². The first kappa shape index (κ1) is 22.2. The number of methoxy groups -OCH3 is 1. The molecular weight excluding hydrogens is 424 g/mol. The number of fused-ring (bicyclic) bond motifs is 1. The van der Waals surface area contributed by atoms with Gasteiger partial charge in [-0.25, -0.2) is 0 Å². The van der Waals surface area contributed by atoms with E-state index < -0.39 is 28.6 Å². The van der Waals surface area contributed by atoms with E-state index >= 15 is 0 Å². The third kappa shape index (κ3) is 4.08. The molecule has 0 aromatic heterocycles. The molecule has 168 valence electrons. The molecule has 3 aromatic rings. The van der Waals surface area contributed by atoms with Gasteiger partial charge >= 0.3 is 5.69 Å². The van der Waals surface area contributed by atoms with Gasteiger partial charge in [-0.1, -0.05) is 48.5 Å². The molecule has 0 bridgehead atoms. The zero-order valence-electron chi connectivity index (χ0n) is 17.9. The molecule has 0 fully saturated rings. The van der Waals surface area contributed by atoms with E-state index in [9.17, 15) is 24.8 Å². The lowest BCUT2D eigenvalue weighted by molar-refractivity contribution is -0.385. The van der Waals surface area contributed by atoms with Crippen LogP contribution in [0.1, 0.15) is 27.9 Å². The lowest BCUT2D eigenvalue weighted by Gasteiger charge is -2.23. The number of anilines is 1. The van der Waals surface area contributed by atoms with Crippen molar-refractivity contribution in [3.63, 3.8) is 0 Å². The van der Waals surface area contributed by atoms with E-state index in [0.717, 1.165) is 11.6 Å². The average molecular weight is 446 g/mol. The van der Waals surface area contributed by atoms with Crippen molar-refractivity contribution in [2.45, 2.75) is 18.4 Å². The Morgan fingerprint density at radius 1 is 1.09 bits per heavy atom. The molecule has 1 heterocycles. The second-order valence-corrected chi connectivity index (χ2v) is 7.81. The summed E-state index contributed by atoms with van der Waals surface area (Å²) in [5, 5.41) is 22.7. The largest absolute Gasteiger partial charge is 0.490 e. The number of ether oxygens (including phenoxy) is 1. The molecule has 1 unspecified atom stereocenters. The van der Waals surface area contributed by atoms with Crippen molar-refractivity contribution in [1.82, 2.24) is 0 Å². The Bertz CT molecular complexity index is 1230. The lowest BCUT2D eigenvalue weighted by atomic mass is 9.88. The molecule has 33 heavy (non-hydrogen) atoms. The molecule has 1 aliphatic heterocycles. The molecule has 3 aromatic carbocycles. The minimum atomic E-state index is -2.06. The topological polar surface area (TPSA) is 110 Å². The zero-order chi connectivity index (χ0) is 23.6. The molecule has 0 aliphatic carbocycles. The number of amides is 1. The molecule has 8 nitrogen and oxygen atoms in total. The number of rotatable bonds is 8. The Labute approximate surface area is 190 Å². The average Bonchev–Trinajstić information content (AvgIpc) is 3.04. The number of nitro benzene ring substituents is 1. The summed E-state index contributed by atoms with van der Waals surface area (Å²) in [6.45, 7) is 0.338. The van der Waals surface area contributed by atoms with Gasteiger partial charge in [0.1, 0.15) is 0 Å². The van der Waals surface area contributed by atoms with Crippen LogP contribution in [0, 0.1) is 10.1 Å². The van der Waals surface area contributed by atoms with Gasteiger partial charge in [-0.15, -0.1) is 0 Å². The smallest absolute Gasteiger partial charge is 0.311 e. The summed E-state index contributed by atoms with van der Waals surface area (Å²) in [4.78, 5) is 38.5. The number of hydrogen-bond donors (Lipinski definition) is 1. The first-order chi connectivity index (χ1) is 15.8. The highest BCUT2D eigenvalue weighted by Crippen LogP contribution is 2.43. The van der Waals surface area contributed by atoms with Crippen LogP contribution < -0.4 is 9.64 Å². The van der Waals surface area contributed by atoms with Crippen LogP contribution in [0.3, 0.4) is 0 Å². The number of nitrogens with zero attached hydrogens (tertiary/aromatic N) is 2. The van der Waals surface area contributed by atoms with Gasteiger partial charge in [0.25, 0.3) is 5.91 Å². The van der Waals surface area contributed by atoms with Crippen LogP contribution in [-0.4, -0.2) is 35.4 Å². The Kier molecular flexibility index (Phi) is 5.93. The summed E-state index contributed by atoms with van der Waals surface area (Å²) in [5.74, 6) is -1.16. The van der Waals surface area contributed by atoms with E-state index in [0.29, 0.717) is 24.2 Å². The summed E-state index contributed by atoms with van der Waals surface area (Å²) in [6.07, 6.45) is 0.0454. The molecule has 1 aliphatic rings. The Hall–Kier alpha value is -4.04. The Morgan fingerprint density at radius 2 is 1.79 bits per heavy atom. The minimum absolute atomic E-state index is 0.0175. The van der Waals surface area contributed by atoms with E-state index in [4.69, 9.17) is 4.74 Å². The van der Waals surface area contributed by atoms with Gasteiger partial charge < -0.3 is 14.7 Å². The van der Waals surface area contributed by atoms with Crippen molar-refractivity contribution in [3.8, 4) is 5.75 Å². The van der Waals surface area contributed by atoms with E-state index in [2.05, 4.69) is 0 Å². The highest BCUT2D eigenvalue weighted by atomic mass is 16.6. The number of Topliss-reactive ketones (excluding diaryl/α,β-unsaturated/α-hetero) is 1. The molecule has 1 N–H and O–H groups in total. The predicted molar refractivity (Wildman–Crippen MR) is 121 cm³/mol. The summed E-state index contributed by atoms with van der Waals surface area (Å²) >= 11 is 0. The van der Waals surface area contributed by atoms with Crippen LogP contribution in [0.2, 0.25) is 0 Å². The van der Waals surface area contributed by atoms with Gasteiger partial charge in [0.05, 0.1) is 24.1 Å². The number of carbonyl (C=O) groups excluding carboxylic acids is 2. The van der Waals surface area contributed by atoms with Crippen LogP contribution >= 0.6 is 0 Å². The summed E-state index contributed by atoms with van der Waals surface area (Å²) in [7, 11) is 1.30. The molecule has 0 spiro atoms. The molecule has 4 rings (SSSR count). The van der Waals surface area contributed by atoms with Crippen LogP contribution in [0.25, 0.3) is 0 Å². The standard InChI is InChI=1S/C25H22N2O6/c1-33-23-12-11-18(15-21(23)27(31)32)22(28)16-25(30)19-9-5-6-10-20(19)26(24(25)29)14-13-17-7-3-2-4-8-17/h2-12,15,30H,13-14,16H2,1H3. The monoisotopic (exact) mass is 446 g/mol. The van der Waals surface area contributed by atoms with Gasteiger partial charge in [0.2, 0.25) is 0 Å². The maximum Gasteiger partial charge on any atom is 0.311 e. The number of para-hydroxylation sites is 1. The fourth-order valence-electron chi connectivity index (χ4n) is 4.13. The minimum Gasteiger partial charge on any atom is -0.490 e. The van der Waals surface area contributed by atoms with Crippen molar-refractivity contribution < 1.29 is 24.4 Å². The molecule has 8 heteroatoms. The Morgan fingerprint density at radius 3 is 2.48 bits per heavy atom. The van der Waals surface area contributed by atoms with Crippen LogP contribution in [0.15, 0.2) is 72.8 Å². The van der Waals surface area contributed by atoms with Crippen molar-refractivity contribution in [2.24, 2.45) is 0 Å². The zero-order valence-corrected chi connectivity index (χ0v) is 17.9. The fraction of sp³-hybridized carbons (Fsp3) is 0.200. The van der Waals surface area contributed by atoms with Crippen molar-refractivity contribution in [2.75, 3.05) is 18.6 Å². The van der Waals surface area contributed by atoms with Crippen LogP contribution in [-0.2, 0) is 16.8 Å². The molecule has 0 saturated heterocycles. The summed E-state index contributed by atoms with van der Waals surface area (Å²) in [5.41, 5.74) is -0.463. The molecule has 1 amide bonds. The van der Waals surface area contributed by atoms with Gasteiger partial charge in [-0.2, -0.15) is 0 Å². The van der Waals surface area contributed by atoms with Crippen LogP contribution in [0.5, 0.6) is 5.75 Å². The van der Waals surface area contributed by atoms with Crippen molar-refractivity contribution in [1.29, 1.82) is 0 Å². The second-order valence-electron chi connectivity index (χ2n) is 7.81. The van der Waals surface area contributed by atoms with Crippen molar-refractivity contribution >= 4 is 23.1 Å². The summed E-state index contributed by atoms with van der Waals surface area (Å²) < 4.78 is 4.97. The fourth-order valence-corrected chi connectivity index (χ4v) is 4.13. The van der Waals surface area contributed by atoms with E-state index in [1.807, 2.05) is 30.3 Å². The number of carbonyl (C=O) groups is 2. The number of benzene rings is 3. The molecular formula is C25H22N2O6. The van der Waals surface area contributed by atoms with Gasteiger partial charge in [0.15, 0.2) is 17.1 Å². The Balaban J connectivity index is 1.62. The van der Waals surface area contributed by atoms with Crippen LogP contribution in [0.4, 0.5) is 11.4 Å². The maximum absolute atomic E-state index is 13.3. The molecule has 0 radical (unpaired) electrons. The predicted octanol–water partition coefficient (Wildman–Crippen LogP) is 3.65. The van der Waals surface area contributed by atoms with Gasteiger partial charge in [-0.3, -0.25) is 19.7 Å². The van der Waals surface area contributed by atoms with Crippen molar-refractivity contribution in [3.05, 3.63) is 99.6 Å². The number of hydrogen-bond acceptors (Lipinski definition) is 6. The third-order valence-corrected chi connectivity index (χ3v) is 5.82. The molecule has 1 atom stereocenters. The lowest BCUT2D eigenvalue weighted by Crippen LogP contribution is -2.42. The van der Waals surface area contributed by atoms with Gasteiger partial charge in [0, 0.05) is 23.7 Å². The first-order valence-corrected chi connectivity index (χ1v) is 10.4. The normalized spacial score (nSPS) is 17.0. The first-order valence-electron chi connectivity index (χ1n) is 10.4. The number of aliphatic hydroxyl groups is 1. The highest BCUT2D eigenvalue weighted by molar-refractivity contribution is 6.10. The van der Waals surface area contributed by atoms with E-state index in [1.165, 1.54) is 24.1 Å². The summed E-state index contributed by atoms with van der Waals surface area (Å²) in [6, 6.07) is 20.3. The number of ketones is 1. The third-order valence-electron chi connectivity index (χ3n) is 5.82. The maximum atomic E-state index is 13.3. The highest BCUT2D eigenvalue weighted by Gasteiger charge is 2.50. The quantitative estimate of drug-likeness (QED) is 0.321. The van der Waals surface area contributed by atoms with E-state index in [1.54, 1.807) is 24.3 Å². The number of nitro groups is 1.